The molecule has 0 amide bonds. The van der Waals surface area contributed by atoms with E-state index in [2.05, 4.69) is 45.8 Å². The highest BCUT2D eigenvalue weighted by molar-refractivity contribution is 5.14. The molecular weight excluding hydrogens is 238 g/mol. The summed E-state index contributed by atoms with van der Waals surface area (Å²) in [6.07, 6.45) is 4.37. The maximum absolute atomic E-state index is 5.05. The molecule has 0 unspecified atom stereocenters. The summed E-state index contributed by atoms with van der Waals surface area (Å²) in [6, 6.07) is 10.6. The Kier molecular flexibility index (Phi) is 5.56. The first-order valence-corrected chi connectivity index (χ1v) is 6.88. The summed E-state index contributed by atoms with van der Waals surface area (Å²) < 4.78 is 5.05. The standard InChI is InChI=1S/C15H21N3O/c1-13-17-15(19-18-13)10-12-16-11-6-5-9-14-7-3-2-4-8-14/h2-4,7-8,16H,5-6,9-12H2,1H3. The van der Waals surface area contributed by atoms with Crippen LogP contribution in [0.1, 0.15) is 30.1 Å². The molecule has 1 N–H and O–H groups in total. The second-order valence-electron chi connectivity index (χ2n) is 4.68. The Morgan fingerprint density at radius 1 is 1.05 bits per heavy atom. The zero-order valence-corrected chi connectivity index (χ0v) is 11.4. The Hall–Kier alpha value is -1.68. The topological polar surface area (TPSA) is 51.0 Å². The van der Waals surface area contributed by atoms with Gasteiger partial charge in [0.25, 0.3) is 0 Å². The van der Waals surface area contributed by atoms with Gasteiger partial charge in [-0.25, -0.2) is 0 Å². The molecule has 0 fully saturated rings. The summed E-state index contributed by atoms with van der Waals surface area (Å²) in [6.45, 7) is 3.77. The van der Waals surface area contributed by atoms with Crippen molar-refractivity contribution in [3.05, 3.63) is 47.6 Å². The molecular formula is C15H21N3O. The SMILES string of the molecule is Cc1noc(CCNCCCCc2ccccc2)n1. The van der Waals surface area contributed by atoms with Gasteiger partial charge in [0.2, 0.25) is 5.89 Å². The number of nitrogens with one attached hydrogen (secondary N) is 1. The fraction of sp³-hybridized carbons (Fsp3) is 0.467. The van der Waals surface area contributed by atoms with Crippen LogP contribution in [0.5, 0.6) is 0 Å². The predicted molar refractivity (Wildman–Crippen MR) is 75.0 cm³/mol. The lowest BCUT2D eigenvalue weighted by Crippen LogP contribution is -2.18. The Balaban J connectivity index is 1.48. The minimum absolute atomic E-state index is 0.706. The fourth-order valence-electron chi connectivity index (χ4n) is 1.99. The van der Waals surface area contributed by atoms with Gasteiger partial charge in [0.1, 0.15) is 0 Å². The molecule has 1 aromatic carbocycles. The highest BCUT2D eigenvalue weighted by atomic mass is 16.5. The molecule has 0 saturated carbocycles. The van der Waals surface area contributed by atoms with Crippen molar-refractivity contribution in [2.75, 3.05) is 13.1 Å². The van der Waals surface area contributed by atoms with Crippen LogP contribution in [0, 0.1) is 6.92 Å². The maximum atomic E-state index is 5.05. The number of benzene rings is 1. The number of aromatic nitrogens is 2. The lowest BCUT2D eigenvalue weighted by molar-refractivity contribution is 0.372. The molecule has 1 aromatic heterocycles. The van der Waals surface area contributed by atoms with Gasteiger partial charge in [-0.3, -0.25) is 0 Å². The number of hydrogen-bond donors (Lipinski definition) is 1. The summed E-state index contributed by atoms with van der Waals surface area (Å²) in [7, 11) is 0. The van der Waals surface area contributed by atoms with Crippen LogP contribution in [-0.2, 0) is 12.8 Å². The van der Waals surface area contributed by atoms with Gasteiger partial charge in [0, 0.05) is 13.0 Å². The highest BCUT2D eigenvalue weighted by Crippen LogP contribution is 2.03. The van der Waals surface area contributed by atoms with Crippen molar-refractivity contribution in [2.45, 2.75) is 32.6 Å². The van der Waals surface area contributed by atoms with E-state index < -0.39 is 0 Å². The monoisotopic (exact) mass is 259 g/mol. The molecule has 4 nitrogen and oxygen atoms in total. The van der Waals surface area contributed by atoms with Crippen molar-refractivity contribution < 1.29 is 4.52 Å². The molecule has 0 aliphatic carbocycles. The van der Waals surface area contributed by atoms with E-state index in [9.17, 15) is 0 Å². The van der Waals surface area contributed by atoms with Crippen molar-refractivity contribution in [1.29, 1.82) is 0 Å². The van der Waals surface area contributed by atoms with Crippen molar-refractivity contribution in [2.24, 2.45) is 0 Å². The van der Waals surface area contributed by atoms with Gasteiger partial charge in [-0.15, -0.1) is 0 Å². The Morgan fingerprint density at radius 2 is 1.89 bits per heavy atom. The third kappa shape index (κ3) is 5.22. The van der Waals surface area contributed by atoms with Gasteiger partial charge in [-0.1, -0.05) is 35.5 Å². The van der Waals surface area contributed by atoms with E-state index in [0.29, 0.717) is 11.7 Å². The number of hydrogen-bond acceptors (Lipinski definition) is 4. The molecule has 1 heterocycles. The lowest BCUT2D eigenvalue weighted by Gasteiger charge is -2.03. The van der Waals surface area contributed by atoms with E-state index in [0.717, 1.165) is 25.9 Å². The largest absolute Gasteiger partial charge is 0.339 e. The molecule has 0 atom stereocenters. The average molecular weight is 259 g/mol. The molecule has 0 spiro atoms. The van der Waals surface area contributed by atoms with Gasteiger partial charge in [0.05, 0.1) is 0 Å². The molecule has 0 bridgehead atoms. The van der Waals surface area contributed by atoms with E-state index in [-0.39, 0.29) is 0 Å². The zero-order valence-electron chi connectivity index (χ0n) is 11.4. The van der Waals surface area contributed by atoms with Crippen LogP contribution in [0.25, 0.3) is 0 Å². The van der Waals surface area contributed by atoms with Gasteiger partial charge in [-0.05, 0) is 38.3 Å². The molecule has 102 valence electrons. The molecule has 0 aliphatic rings. The Morgan fingerprint density at radius 3 is 2.63 bits per heavy atom. The molecule has 19 heavy (non-hydrogen) atoms. The third-order valence-corrected chi connectivity index (χ3v) is 3.00. The van der Waals surface area contributed by atoms with Crippen molar-refractivity contribution in [3.63, 3.8) is 0 Å². The Labute approximate surface area is 114 Å². The Bertz CT molecular complexity index is 467. The first kappa shape index (κ1) is 13.7. The zero-order chi connectivity index (χ0) is 13.3. The maximum Gasteiger partial charge on any atom is 0.227 e. The summed E-state index contributed by atoms with van der Waals surface area (Å²) in [5.74, 6) is 1.42. The average Bonchev–Trinajstić information content (AvgIpc) is 2.85. The normalized spacial score (nSPS) is 10.8. The first-order valence-electron chi connectivity index (χ1n) is 6.88. The van der Waals surface area contributed by atoms with Crippen molar-refractivity contribution in [1.82, 2.24) is 15.5 Å². The van der Waals surface area contributed by atoms with Crippen molar-refractivity contribution >= 4 is 0 Å². The first-order chi connectivity index (χ1) is 9.34. The van der Waals surface area contributed by atoms with Gasteiger partial charge in [0.15, 0.2) is 5.82 Å². The second-order valence-corrected chi connectivity index (χ2v) is 4.68. The number of unbranched alkanes of at least 4 members (excludes halogenated alkanes) is 1. The molecule has 0 radical (unpaired) electrons. The van der Waals surface area contributed by atoms with E-state index in [4.69, 9.17) is 4.52 Å². The van der Waals surface area contributed by atoms with Crippen LogP contribution in [-0.4, -0.2) is 23.2 Å². The summed E-state index contributed by atoms with van der Waals surface area (Å²) >= 11 is 0. The highest BCUT2D eigenvalue weighted by Gasteiger charge is 2.01. The quantitative estimate of drug-likeness (QED) is 0.740. The van der Waals surface area contributed by atoms with E-state index in [1.54, 1.807) is 0 Å². The smallest absolute Gasteiger partial charge is 0.227 e. The van der Waals surface area contributed by atoms with Crippen LogP contribution >= 0.6 is 0 Å². The summed E-state index contributed by atoms with van der Waals surface area (Å²) in [5.41, 5.74) is 1.42. The number of rotatable bonds is 8. The molecule has 2 rings (SSSR count). The minimum Gasteiger partial charge on any atom is -0.339 e. The van der Waals surface area contributed by atoms with Gasteiger partial charge < -0.3 is 9.84 Å². The van der Waals surface area contributed by atoms with Gasteiger partial charge >= 0.3 is 0 Å². The molecule has 4 heteroatoms. The summed E-state index contributed by atoms with van der Waals surface area (Å²) in [4.78, 5) is 4.17. The van der Waals surface area contributed by atoms with E-state index >= 15 is 0 Å². The van der Waals surface area contributed by atoms with Crippen LogP contribution in [0.4, 0.5) is 0 Å². The van der Waals surface area contributed by atoms with E-state index in [1.807, 2.05) is 6.92 Å². The predicted octanol–water partition coefficient (Wildman–Crippen LogP) is 2.53. The van der Waals surface area contributed by atoms with Crippen LogP contribution in [0.15, 0.2) is 34.9 Å². The number of nitrogens with zero attached hydrogens (tertiary/aromatic N) is 2. The van der Waals surface area contributed by atoms with E-state index in [1.165, 1.54) is 18.4 Å². The second kappa shape index (κ2) is 7.69. The lowest BCUT2D eigenvalue weighted by atomic mass is 10.1. The third-order valence-electron chi connectivity index (χ3n) is 3.00. The van der Waals surface area contributed by atoms with Crippen molar-refractivity contribution in [3.8, 4) is 0 Å². The van der Waals surface area contributed by atoms with Crippen LogP contribution in [0.2, 0.25) is 0 Å². The summed E-state index contributed by atoms with van der Waals surface area (Å²) in [5, 5.41) is 7.17. The molecule has 0 aliphatic heterocycles. The molecule has 2 aromatic rings. The fourth-order valence-corrected chi connectivity index (χ4v) is 1.99. The van der Waals surface area contributed by atoms with Crippen LogP contribution < -0.4 is 5.32 Å². The minimum atomic E-state index is 0.706. The molecule has 0 saturated heterocycles. The van der Waals surface area contributed by atoms with Crippen LogP contribution in [0.3, 0.4) is 0 Å². The van der Waals surface area contributed by atoms with Gasteiger partial charge in [-0.2, -0.15) is 4.98 Å². The number of aryl methyl sites for hydroxylation is 2.